The van der Waals surface area contributed by atoms with E-state index in [4.69, 9.17) is 37.4 Å². The fourth-order valence-electron chi connectivity index (χ4n) is 5.27. The molecule has 2 heterocycles. The second-order valence-corrected chi connectivity index (χ2v) is 9.86. The molecule has 4 rings (SSSR count). The van der Waals surface area contributed by atoms with Crippen LogP contribution < -0.4 is 19.1 Å². The zero-order valence-corrected chi connectivity index (χ0v) is 21.3. The van der Waals surface area contributed by atoms with Gasteiger partial charge in [0.05, 0.1) is 27.0 Å². The van der Waals surface area contributed by atoms with Crippen molar-refractivity contribution >= 4 is 28.9 Å². The zero-order chi connectivity index (χ0) is 23.4. The van der Waals surface area contributed by atoms with Gasteiger partial charge in [0, 0.05) is 41.3 Å². The van der Waals surface area contributed by atoms with Crippen LogP contribution in [0.15, 0.2) is 30.3 Å². The van der Waals surface area contributed by atoms with Gasteiger partial charge >= 0.3 is 0 Å². The Bertz CT molecular complexity index is 939. The van der Waals surface area contributed by atoms with Crippen LogP contribution in [0.2, 0.25) is 10.0 Å². The summed E-state index contributed by atoms with van der Waals surface area (Å²) in [6, 6.07) is 10.4. The van der Waals surface area contributed by atoms with Crippen molar-refractivity contribution in [3.8, 4) is 17.2 Å². The normalized spacial score (nSPS) is 18.4. The van der Waals surface area contributed by atoms with Gasteiger partial charge in [0.25, 0.3) is 0 Å². The number of hydrogen-bond acceptors (Lipinski definition) is 5. The van der Waals surface area contributed by atoms with Gasteiger partial charge in [-0.15, -0.1) is 0 Å². The highest BCUT2D eigenvalue weighted by molar-refractivity contribution is 6.33. The second kappa shape index (κ2) is 11.1. The fraction of sp³-hybridized carbons (Fsp3) is 0.538. The molecule has 0 N–H and O–H groups in total. The summed E-state index contributed by atoms with van der Waals surface area (Å²) in [5.74, 6) is 2.92. The van der Waals surface area contributed by atoms with Gasteiger partial charge in [-0.3, -0.25) is 0 Å². The van der Waals surface area contributed by atoms with Crippen molar-refractivity contribution in [1.29, 1.82) is 0 Å². The first-order valence-corrected chi connectivity index (χ1v) is 12.5. The molecule has 2 aromatic carbocycles. The van der Waals surface area contributed by atoms with E-state index in [-0.39, 0.29) is 0 Å². The van der Waals surface area contributed by atoms with Crippen molar-refractivity contribution in [1.82, 2.24) is 4.90 Å². The highest BCUT2D eigenvalue weighted by Gasteiger charge is 2.30. The van der Waals surface area contributed by atoms with E-state index in [0.717, 1.165) is 72.7 Å². The van der Waals surface area contributed by atoms with Crippen LogP contribution in [0.3, 0.4) is 0 Å². The van der Waals surface area contributed by atoms with Gasteiger partial charge < -0.3 is 24.0 Å². The largest absolute Gasteiger partial charge is 0.494 e. The molecule has 0 unspecified atom stereocenters. The first-order valence-electron chi connectivity index (χ1n) is 11.7. The minimum absolute atomic E-state index is 0.642. The number of ether oxygens (including phenoxy) is 3. The van der Waals surface area contributed by atoms with Crippen LogP contribution in [0.5, 0.6) is 17.2 Å². The Kier molecular flexibility index (Phi) is 8.15. The molecule has 0 aromatic heterocycles. The standard InChI is InChI=1S/C26H34Cl2N2O3/c1-31-24-17-26(33-3)25(32-2)16-23(24)30-12-8-21(9-13-30)29-10-6-18(7-11-29)14-19-15-20(27)4-5-22(19)28/h4-5,15-18,21H,6-14H2,1-3H3. The van der Waals surface area contributed by atoms with Gasteiger partial charge in [-0.2, -0.15) is 0 Å². The van der Waals surface area contributed by atoms with Crippen molar-refractivity contribution in [3.63, 3.8) is 0 Å². The number of halogens is 2. The number of piperidine rings is 2. The van der Waals surface area contributed by atoms with Gasteiger partial charge in [-0.1, -0.05) is 23.2 Å². The number of methoxy groups -OCH3 is 3. The van der Waals surface area contributed by atoms with Gasteiger partial charge in [-0.25, -0.2) is 0 Å². The van der Waals surface area contributed by atoms with Crippen molar-refractivity contribution in [2.75, 3.05) is 52.4 Å². The Balaban J connectivity index is 1.32. The Hall–Kier alpha value is -1.82. The summed E-state index contributed by atoms with van der Waals surface area (Å²) >= 11 is 12.6. The smallest absolute Gasteiger partial charge is 0.164 e. The maximum atomic E-state index is 6.39. The molecule has 2 fully saturated rings. The number of likely N-dealkylation sites (tertiary alicyclic amines) is 1. The van der Waals surface area contributed by atoms with Gasteiger partial charge in [-0.05, 0) is 74.9 Å². The molecular formula is C26H34Cl2N2O3. The summed E-state index contributed by atoms with van der Waals surface area (Å²) < 4.78 is 16.6. The Morgan fingerprint density at radius 2 is 1.42 bits per heavy atom. The molecule has 0 spiro atoms. The monoisotopic (exact) mass is 492 g/mol. The topological polar surface area (TPSA) is 34.2 Å². The number of nitrogens with zero attached hydrogens (tertiary/aromatic N) is 2. The first-order chi connectivity index (χ1) is 16.0. The van der Waals surface area contributed by atoms with Crippen LogP contribution in [-0.4, -0.2) is 58.5 Å². The maximum absolute atomic E-state index is 6.39. The lowest BCUT2D eigenvalue weighted by Gasteiger charge is -2.42. The molecule has 0 amide bonds. The van der Waals surface area contributed by atoms with Gasteiger partial charge in [0.1, 0.15) is 5.75 Å². The number of hydrogen-bond donors (Lipinski definition) is 0. The fourth-order valence-corrected chi connectivity index (χ4v) is 5.65. The molecule has 2 aliphatic heterocycles. The quantitative estimate of drug-likeness (QED) is 0.477. The summed E-state index contributed by atoms with van der Waals surface area (Å²) in [5, 5.41) is 1.60. The highest BCUT2D eigenvalue weighted by atomic mass is 35.5. The van der Waals surface area contributed by atoms with Gasteiger partial charge in [0.2, 0.25) is 0 Å². The van der Waals surface area contributed by atoms with Crippen LogP contribution in [-0.2, 0) is 6.42 Å². The minimum Gasteiger partial charge on any atom is -0.494 e. The van der Waals surface area contributed by atoms with Crippen LogP contribution in [0, 0.1) is 5.92 Å². The molecule has 33 heavy (non-hydrogen) atoms. The third kappa shape index (κ3) is 5.64. The molecule has 5 nitrogen and oxygen atoms in total. The number of anilines is 1. The van der Waals surface area contributed by atoms with E-state index >= 15 is 0 Å². The lowest BCUT2D eigenvalue weighted by atomic mass is 9.88. The number of rotatable bonds is 7. The van der Waals surface area contributed by atoms with Crippen LogP contribution >= 0.6 is 23.2 Å². The highest BCUT2D eigenvalue weighted by Crippen LogP contribution is 2.41. The van der Waals surface area contributed by atoms with Crippen molar-refractivity contribution in [2.45, 2.75) is 38.1 Å². The van der Waals surface area contributed by atoms with E-state index in [9.17, 15) is 0 Å². The van der Waals surface area contributed by atoms with E-state index in [1.807, 2.05) is 30.3 Å². The third-order valence-electron chi connectivity index (χ3n) is 7.17. The van der Waals surface area contributed by atoms with E-state index in [0.29, 0.717) is 17.7 Å². The molecule has 0 radical (unpaired) electrons. The summed E-state index contributed by atoms with van der Waals surface area (Å²) in [7, 11) is 5.03. The lowest BCUT2D eigenvalue weighted by molar-refractivity contribution is 0.115. The molecule has 2 saturated heterocycles. The predicted molar refractivity (Wildman–Crippen MR) is 136 cm³/mol. The molecule has 0 atom stereocenters. The molecule has 7 heteroatoms. The summed E-state index contributed by atoms with van der Waals surface area (Å²) in [6.07, 6.45) is 5.76. The molecule has 0 bridgehead atoms. The van der Waals surface area contributed by atoms with E-state index in [2.05, 4.69) is 9.80 Å². The zero-order valence-electron chi connectivity index (χ0n) is 19.8. The van der Waals surface area contributed by atoms with Gasteiger partial charge in [0.15, 0.2) is 11.5 Å². The van der Waals surface area contributed by atoms with Crippen molar-refractivity contribution in [2.24, 2.45) is 5.92 Å². The first kappa shape index (κ1) is 24.3. The molecule has 2 aromatic rings. The van der Waals surface area contributed by atoms with E-state index in [1.54, 1.807) is 21.3 Å². The van der Waals surface area contributed by atoms with Crippen molar-refractivity contribution < 1.29 is 14.2 Å². The molecule has 0 saturated carbocycles. The SMILES string of the molecule is COc1cc(OC)c(N2CCC(N3CCC(Cc4cc(Cl)ccc4Cl)CC3)CC2)cc1OC. The molecule has 0 aliphatic carbocycles. The van der Waals surface area contributed by atoms with Crippen LogP contribution in [0.4, 0.5) is 5.69 Å². The van der Waals surface area contributed by atoms with Crippen molar-refractivity contribution in [3.05, 3.63) is 45.9 Å². The van der Waals surface area contributed by atoms with Crippen LogP contribution in [0.25, 0.3) is 0 Å². The van der Waals surface area contributed by atoms with E-state index < -0.39 is 0 Å². The molecular weight excluding hydrogens is 459 g/mol. The average molecular weight is 493 g/mol. The molecule has 2 aliphatic rings. The lowest BCUT2D eigenvalue weighted by Crippen LogP contribution is -2.48. The Morgan fingerprint density at radius 3 is 2.06 bits per heavy atom. The predicted octanol–water partition coefficient (Wildman–Crippen LogP) is 5.94. The summed E-state index contributed by atoms with van der Waals surface area (Å²) in [6.45, 7) is 4.34. The minimum atomic E-state index is 0.642. The summed E-state index contributed by atoms with van der Waals surface area (Å²) in [4.78, 5) is 5.10. The number of benzene rings is 2. The Labute approximate surface area is 207 Å². The summed E-state index contributed by atoms with van der Waals surface area (Å²) in [5.41, 5.74) is 2.26. The maximum Gasteiger partial charge on any atom is 0.164 e. The molecule has 180 valence electrons. The average Bonchev–Trinajstić information content (AvgIpc) is 2.86. The van der Waals surface area contributed by atoms with Crippen LogP contribution in [0.1, 0.15) is 31.2 Å². The third-order valence-corrected chi connectivity index (χ3v) is 7.78. The Morgan fingerprint density at radius 1 is 0.788 bits per heavy atom. The van der Waals surface area contributed by atoms with E-state index in [1.165, 1.54) is 18.4 Å². The second-order valence-electron chi connectivity index (χ2n) is 9.02.